The second-order valence-corrected chi connectivity index (χ2v) is 5.64. The molecule has 3 rings (SSSR count). The number of aryl methyl sites for hydroxylation is 1. The molecule has 0 bridgehead atoms. The molecule has 21 heavy (non-hydrogen) atoms. The molecule has 1 saturated heterocycles. The number of nitrogen functional groups attached to an aromatic ring is 1. The lowest BCUT2D eigenvalue weighted by Gasteiger charge is -2.13. The first-order valence-corrected chi connectivity index (χ1v) is 7.29. The van der Waals surface area contributed by atoms with E-state index < -0.39 is 0 Å². The zero-order valence-electron chi connectivity index (χ0n) is 11.8. The van der Waals surface area contributed by atoms with E-state index in [0.717, 1.165) is 37.2 Å². The molecule has 0 saturated carbocycles. The number of aromatic nitrogens is 2. The van der Waals surface area contributed by atoms with Gasteiger partial charge in [0.15, 0.2) is 5.82 Å². The maximum Gasteiger partial charge on any atom is 0.171 e. The number of benzene rings is 1. The second-order valence-electron chi connectivity index (χ2n) is 5.24. The molecule has 2 heterocycles. The molecule has 1 aromatic heterocycles. The van der Waals surface area contributed by atoms with E-state index in [-0.39, 0.29) is 0 Å². The van der Waals surface area contributed by atoms with Gasteiger partial charge in [0.25, 0.3) is 0 Å². The molecule has 0 radical (unpaired) electrons. The third-order valence-electron chi connectivity index (χ3n) is 3.82. The quantitative estimate of drug-likeness (QED) is 0.926. The van der Waals surface area contributed by atoms with Crippen molar-refractivity contribution in [2.45, 2.75) is 19.8 Å². The topological polar surface area (TPSA) is 70.9 Å². The molecule has 0 aliphatic carbocycles. The summed E-state index contributed by atoms with van der Waals surface area (Å²) in [4.78, 5) is 2.11. The highest BCUT2D eigenvalue weighted by molar-refractivity contribution is 6.31. The van der Waals surface area contributed by atoms with Crippen molar-refractivity contribution in [2.24, 2.45) is 0 Å². The van der Waals surface area contributed by atoms with Gasteiger partial charge >= 0.3 is 0 Å². The molecule has 0 unspecified atom stereocenters. The van der Waals surface area contributed by atoms with E-state index in [1.807, 2.05) is 25.1 Å². The van der Waals surface area contributed by atoms with Gasteiger partial charge in [0.2, 0.25) is 0 Å². The summed E-state index contributed by atoms with van der Waals surface area (Å²) in [5, 5.41) is 14.6. The van der Waals surface area contributed by atoms with E-state index in [1.165, 1.54) is 0 Å². The van der Waals surface area contributed by atoms with Crippen LogP contribution < -0.4 is 10.6 Å². The van der Waals surface area contributed by atoms with E-state index in [2.05, 4.69) is 16.1 Å². The van der Waals surface area contributed by atoms with E-state index in [9.17, 15) is 5.26 Å². The number of halogens is 1. The largest absolute Gasteiger partial charge is 0.382 e. The molecule has 1 aliphatic rings. The van der Waals surface area contributed by atoms with Gasteiger partial charge in [0, 0.05) is 18.1 Å². The molecule has 0 atom stereocenters. The van der Waals surface area contributed by atoms with Crippen molar-refractivity contribution in [2.75, 3.05) is 23.7 Å². The van der Waals surface area contributed by atoms with Crippen LogP contribution in [-0.2, 0) is 0 Å². The summed E-state index contributed by atoms with van der Waals surface area (Å²) in [6, 6.07) is 7.81. The molecule has 6 heteroatoms. The average molecular weight is 302 g/mol. The first-order chi connectivity index (χ1) is 10.1. The summed E-state index contributed by atoms with van der Waals surface area (Å²) in [5.41, 5.74) is 8.31. The summed E-state index contributed by atoms with van der Waals surface area (Å²) < 4.78 is 1.59. The van der Waals surface area contributed by atoms with Gasteiger partial charge in [-0.15, -0.1) is 5.10 Å². The lowest BCUT2D eigenvalue weighted by molar-refractivity contribution is 0.849. The van der Waals surface area contributed by atoms with Crippen molar-refractivity contribution in [3.8, 4) is 11.8 Å². The third-order valence-corrected chi connectivity index (χ3v) is 4.23. The summed E-state index contributed by atoms with van der Waals surface area (Å²) >= 11 is 6.17. The Hall–Kier alpha value is -2.19. The molecular formula is C15H16ClN5. The van der Waals surface area contributed by atoms with Gasteiger partial charge in [-0.2, -0.15) is 5.26 Å². The summed E-state index contributed by atoms with van der Waals surface area (Å²) in [5.74, 6) is 1.03. The molecule has 0 amide bonds. The van der Waals surface area contributed by atoms with Gasteiger partial charge < -0.3 is 10.6 Å². The van der Waals surface area contributed by atoms with Gasteiger partial charge in [-0.1, -0.05) is 17.7 Å². The van der Waals surface area contributed by atoms with E-state index in [1.54, 1.807) is 4.68 Å². The standard InChI is InChI=1S/C15H16ClN5/c1-10-4-5-11(8-13(10)16)21-14(18)12(9-17)15(19-21)20-6-2-3-7-20/h4-5,8H,2-3,6-7,18H2,1H3. The maximum atomic E-state index is 9.38. The van der Waals surface area contributed by atoms with Crippen LogP contribution in [0.3, 0.4) is 0 Å². The van der Waals surface area contributed by atoms with Crippen molar-refractivity contribution in [3.63, 3.8) is 0 Å². The number of nitrogens with two attached hydrogens (primary N) is 1. The van der Waals surface area contributed by atoms with Crippen molar-refractivity contribution in [1.82, 2.24) is 9.78 Å². The highest BCUT2D eigenvalue weighted by Gasteiger charge is 2.23. The lowest BCUT2D eigenvalue weighted by Crippen LogP contribution is -2.19. The van der Waals surface area contributed by atoms with Gasteiger partial charge in [-0.05, 0) is 37.5 Å². The highest BCUT2D eigenvalue weighted by atomic mass is 35.5. The molecule has 1 fully saturated rings. The summed E-state index contributed by atoms with van der Waals surface area (Å²) in [6.07, 6.45) is 2.24. The van der Waals surface area contributed by atoms with Crippen LogP contribution in [0.15, 0.2) is 18.2 Å². The van der Waals surface area contributed by atoms with Crippen LogP contribution in [0.2, 0.25) is 5.02 Å². The molecule has 108 valence electrons. The van der Waals surface area contributed by atoms with E-state index in [4.69, 9.17) is 17.3 Å². The maximum absolute atomic E-state index is 9.38. The Morgan fingerprint density at radius 1 is 1.33 bits per heavy atom. The smallest absolute Gasteiger partial charge is 0.171 e. The Morgan fingerprint density at radius 3 is 2.67 bits per heavy atom. The normalized spacial score (nSPS) is 14.4. The molecule has 1 aliphatic heterocycles. The van der Waals surface area contributed by atoms with Crippen LogP contribution in [0.1, 0.15) is 24.0 Å². The summed E-state index contributed by atoms with van der Waals surface area (Å²) in [7, 11) is 0. The fourth-order valence-corrected chi connectivity index (χ4v) is 2.76. The van der Waals surface area contributed by atoms with Crippen LogP contribution in [0.4, 0.5) is 11.6 Å². The van der Waals surface area contributed by atoms with E-state index >= 15 is 0 Å². The second kappa shape index (κ2) is 5.30. The average Bonchev–Trinajstić information content (AvgIpc) is 3.09. The summed E-state index contributed by atoms with van der Waals surface area (Å²) in [6.45, 7) is 3.77. The highest BCUT2D eigenvalue weighted by Crippen LogP contribution is 2.30. The van der Waals surface area contributed by atoms with Crippen LogP contribution in [-0.4, -0.2) is 22.9 Å². The molecule has 0 spiro atoms. The minimum Gasteiger partial charge on any atom is -0.382 e. The van der Waals surface area contributed by atoms with Crippen LogP contribution in [0.5, 0.6) is 0 Å². The van der Waals surface area contributed by atoms with Crippen LogP contribution >= 0.6 is 11.6 Å². The molecule has 2 aromatic rings. The Morgan fingerprint density at radius 2 is 2.05 bits per heavy atom. The van der Waals surface area contributed by atoms with Crippen molar-refractivity contribution >= 4 is 23.2 Å². The van der Waals surface area contributed by atoms with Gasteiger partial charge in [0.1, 0.15) is 17.5 Å². The third kappa shape index (κ3) is 2.32. The van der Waals surface area contributed by atoms with Gasteiger partial charge in [-0.3, -0.25) is 0 Å². The predicted molar refractivity (Wildman–Crippen MR) is 83.9 cm³/mol. The van der Waals surface area contributed by atoms with Gasteiger partial charge in [-0.25, -0.2) is 4.68 Å². The SMILES string of the molecule is Cc1ccc(-n2nc(N3CCCC3)c(C#N)c2N)cc1Cl. The Bertz CT molecular complexity index is 722. The monoisotopic (exact) mass is 301 g/mol. The Kier molecular flexibility index (Phi) is 3.48. The Balaban J connectivity index is 2.10. The fraction of sp³-hybridized carbons (Fsp3) is 0.333. The minimum absolute atomic E-state index is 0.360. The Labute approximate surface area is 128 Å². The molecule has 5 nitrogen and oxygen atoms in total. The number of hydrogen-bond donors (Lipinski definition) is 1. The van der Waals surface area contributed by atoms with Crippen molar-refractivity contribution < 1.29 is 0 Å². The number of hydrogen-bond acceptors (Lipinski definition) is 4. The van der Waals surface area contributed by atoms with Gasteiger partial charge in [0.05, 0.1) is 5.69 Å². The first kappa shape index (κ1) is 13.8. The zero-order valence-corrected chi connectivity index (χ0v) is 12.6. The number of nitrogens with zero attached hydrogens (tertiary/aromatic N) is 4. The van der Waals surface area contributed by atoms with Crippen molar-refractivity contribution in [1.29, 1.82) is 5.26 Å². The minimum atomic E-state index is 0.360. The molecular weight excluding hydrogens is 286 g/mol. The first-order valence-electron chi connectivity index (χ1n) is 6.92. The zero-order chi connectivity index (χ0) is 15.0. The lowest BCUT2D eigenvalue weighted by atomic mass is 10.2. The van der Waals surface area contributed by atoms with E-state index in [0.29, 0.717) is 22.2 Å². The molecule has 2 N–H and O–H groups in total. The van der Waals surface area contributed by atoms with Crippen molar-refractivity contribution in [3.05, 3.63) is 34.3 Å². The number of rotatable bonds is 2. The number of anilines is 2. The predicted octanol–water partition coefficient (Wildman–Crippen LogP) is 2.89. The van der Waals surface area contributed by atoms with Crippen LogP contribution in [0, 0.1) is 18.3 Å². The fourth-order valence-electron chi connectivity index (χ4n) is 2.59. The number of nitriles is 1. The van der Waals surface area contributed by atoms with Crippen LogP contribution in [0.25, 0.3) is 5.69 Å². The molecule has 1 aromatic carbocycles.